The van der Waals surface area contributed by atoms with Crippen molar-refractivity contribution in [3.05, 3.63) is 34.4 Å². The van der Waals surface area contributed by atoms with Gasteiger partial charge in [0.05, 0.1) is 11.6 Å². The molecule has 0 aliphatic carbocycles. The maximum atomic E-state index is 11.2. The van der Waals surface area contributed by atoms with Crippen LogP contribution >= 0.6 is 0 Å². The van der Waals surface area contributed by atoms with E-state index in [2.05, 4.69) is 6.07 Å². The lowest BCUT2D eigenvalue weighted by Gasteiger charge is -2.07. The van der Waals surface area contributed by atoms with Gasteiger partial charge in [-0.2, -0.15) is 5.26 Å². The van der Waals surface area contributed by atoms with Crippen molar-refractivity contribution in [1.29, 1.82) is 5.26 Å². The molecule has 0 saturated heterocycles. The van der Waals surface area contributed by atoms with Gasteiger partial charge >= 0.3 is 0 Å². The van der Waals surface area contributed by atoms with Gasteiger partial charge in [0.2, 0.25) is 0 Å². The molecule has 0 aliphatic heterocycles. The summed E-state index contributed by atoms with van der Waals surface area (Å²) in [7, 11) is 0. The minimum absolute atomic E-state index is 0.0154. The van der Waals surface area contributed by atoms with Crippen LogP contribution in [0.1, 0.15) is 40.9 Å². The SMILES string of the molecule is CCc1ccc(C(C)=O)c(C)c1C#N. The minimum Gasteiger partial charge on any atom is -0.295 e. The van der Waals surface area contributed by atoms with Crippen LogP contribution < -0.4 is 0 Å². The summed E-state index contributed by atoms with van der Waals surface area (Å²) in [6.45, 7) is 5.35. The molecule has 0 amide bonds. The Morgan fingerprint density at radius 1 is 1.50 bits per heavy atom. The molecule has 0 bridgehead atoms. The second-order valence-electron chi connectivity index (χ2n) is 3.29. The zero-order valence-electron chi connectivity index (χ0n) is 8.72. The molecule has 0 fully saturated rings. The number of carbonyl (C=O) groups is 1. The number of hydrogen-bond donors (Lipinski definition) is 0. The van der Waals surface area contributed by atoms with Crippen LogP contribution in [0, 0.1) is 18.3 Å². The largest absolute Gasteiger partial charge is 0.295 e. The summed E-state index contributed by atoms with van der Waals surface area (Å²) in [4.78, 5) is 11.2. The molecular weight excluding hydrogens is 174 g/mol. The third-order valence-corrected chi connectivity index (χ3v) is 2.42. The molecule has 2 heteroatoms. The highest BCUT2D eigenvalue weighted by atomic mass is 16.1. The van der Waals surface area contributed by atoms with Crippen molar-refractivity contribution in [3.8, 4) is 6.07 Å². The molecule has 0 N–H and O–H groups in total. The number of ketones is 1. The number of aryl methyl sites for hydroxylation is 1. The zero-order valence-corrected chi connectivity index (χ0v) is 8.72. The molecule has 2 nitrogen and oxygen atoms in total. The van der Waals surface area contributed by atoms with Crippen LogP contribution in [-0.4, -0.2) is 5.78 Å². The van der Waals surface area contributed by atoms with E-state index >= 15 is 0 Å². The molecule has 0 spiro atoms. The molecule has 72 valence electrons. The number of Topliss-reactive ketones (excluding diaryl/α,β-unsaturated/α-hetero) is 1. The fraction of sp³-hybridized carbons (Fsp3) is 0.333. The molecule has 1 rings (SSSR count). The molecule has 1 aromatic rings. The monoisotopic (exact) mass is 187 g/mol. The second-order valence-corrected chi connectivity index (χ2v) is 3.29. The maximum Gasteiger partial charge on any atom is 0.160 e. The Labute approximate surface area is 84.2 Å². The summed E-state index contributed by atoms with van der Waals surface area (Å²) in [6, 6.07) is 5.82. The highest BCUT2D eigenvalue weighted by Gasteiger charge is 2.10. The van der Waals surface area contributed by atoms with Crippen molar-refractivity contribution in [2.45, 2.75) is 27.2 Å². The van der Waals surface area contributed by atoms with Crippen LogP contribution in [0.15, 0.2) is 12.1 Å². The first-order valence-corrected chi connectivity index (χ1v) is 4.65. The number of carbonyl (C=O) groups excluding carboxylic acids is 1. The van der Waals surface area contributed by atoms with Gasteiger partial charge in [-0.3, -0.25) is 4.79 Å². The van der Waals surface area contributed by atoms with E-state index < -0.39 is 0 Å². The first-order chi connectivity index (χ1) is 6.61. The average Bonchev–Trinajstić information content (AvgIpc) is 2.16. The van der Waals surface area contributed by atoms with Crippen molar-refractivity contribution in [3.63, 3.8) is 0 Å². The quantitative estimate of drug-likeness (QED) is 0.668. The fourth-order valence-electron chi connectivity index (χ4n) is 1.60. The van der Waals surface area contributed by atoms with Gasteiger partial charge in [-0.15, -0.1) is 0 Å². The molecule has 0 atom stereocenters. The lowest BCUT2D eigenvalue weighted by Crippen LogP contribution is -2.01. The number of nitriles is 1. The highest BCUT2D eigenvalue weighted by Crippen LogP contribution is 2.18. The Hall–Kier alpha value is -1.62. The van der Waals surface area contributed by atoms with E-state index in [1.54, 1.807) is 6.07 Å². The third-order valence-electron chi connectivity index (χ3n) is 2.42. The Bertz CT molecular complexity index is 413. The summed E-state index contributed by atoms with van der Waals surface area (Å²) in [5.74, 6) is 0.0154. The summed E-state index contributed by atoms with van der Waals surface area (Å²) in [5, 5.41) is 8.98. The number of hydrogen-bond acceptors (Lipinski definition) is 2. The normalized spacial score (nSPS) is 9.57. The van der Waals surface area contributed by atoms with Gasteiger partial charge < -0.3 is 0 Å². The molecule has 1 aromatic carbocycles. The van der Waals surface area contributed by atoms with Gasteiger partial charge in [0.1, 0.15) is 0 Å². The van der Waals surface area contributed by atoms with Gasteiger partial charge in [-0.25, -0.2) is 0 Å². The van der Waals surface area contributed by atoms with E-state index in [9.17, 15) is 4.79 Å². The predicted molar refractivity (Wildman–Crippen MR) is 55.3 cm³/mol. The van der Waals surface area contributed by atoms with Crippen molar-refractivity contribution in [2.24, 2.45) is 0 Å². The molecule has 0 unspecified atom stereocenters. The van der Waals surface area contributed by atoms with E-state index in [0.29, 0.717) is 11.1 Å². The number of nitrogens with zero attached hydrogens (tertiary/aromatic N) is 1. The summed E-state index contributed by atoms with van der Waals surface area (Å²) in [5.41, 5.74) is 3.12. The molecule has 0 aliphatic rings. The van der Waals surface area contributed by atoms with Gasteiger partial charge in [0.15, 0.2) is 5.78 Å². The maximum absolute atomic E-state index is 11.2. The van der Waals surface area contributed by atoms with Crippen LogP contribution in [0.25, 0.3) is 0 Å². The molecule has 0 radical (unpaired) electrons. The van der Waals surface area contributed by atoms with Gasteiger partial charge in [-0.05, 0) is 31.4 Å². The Balaban J connectivity index is 3.44. The van der Waals surface area contributed by atoms with Gasteiger partial charge in [0.25, 0.3) is 0 Å². The number of rotatable bonds is 2. The summed E-state index contributed by atoms with van der Waals surface area (Å²) in [6.07, 6.45) is 0.821. The van der Waals surface area contributed by atoms with Crippen molar-refractivity contribution >= 4 is 5.78 Å². The standard InChI is InChI=1S/C12H13NO/c1-4-10-5-6-11(9(3)14)8(2)12(10)7-13/h5-6H,4H2,1-3H3. The van der Waals surface area contributed by atoms with E-state index in [1.807, 2.05) is 19.9 Å². The van der Waals surface area contributed by atoms with Crippen LogP contribution in [0.5, 0.6) is 0 Å². The van der Waals surface area contributed by atoms with Crippen LogP contribution in [0.2, 0.25) is 0 Å². The fourth-order valence-corrected chi connectivity index (χ4v) is 1.60. The lowest BCUT2D eigenvalue weighted by molar-refractivity contribution is 0.101. The van der Waals surface area contributed by atoms with Crippen LogP contribution in [0.3, 0.4) is 0 Å². The topological polar surface area (TPSA) is 40.9 Å². The van der Waals surface area contributed by atoms with Crippen molar-refractivity contribution in [1.82, 2.24) is 0 Å². The third kappa shape index (κ3) is 1.67. The first kappa shape index (κ1) is 10.5. The van der Waals surface area contributed by atoms with Gasteiger partial charge in [-0.1, -0.05) is 19.1 Å². The molecule has 0 aromatic heterocycles. The highest BCUT2D eigenvalue weighted by molar-refractivity contribution is 5.96. The molecule has 0 heterocycles. The Morgan fingerprint density at radius 3 is 2.57 bits per heavy atom. The second kappa shape index (κ2) is 4.06. The predicted octanol–water partition coefficient (Wildman–Crippen LogP) is 2.63. The molecular formula is C12H13NO. The summed E-state index contributed by atoms with van der Waals surface area (Å²) < 4.78 is 0. The van der Waals surface area contributed by atoms with E-state index in [-0.39, 0.29) is 5.78 Å². The molecule has 14 heavy (non-hydrogen) atoms. The number of benzene rings is 1. The Kier molecular flexibility index (Phi) is 3.03. The van der Waals surface area contributed by atoms with E-state index in [0.717, 1.165) is 17.5 Å². The summed E-state index contributed by atoms with van der Waals surface area (Å²) >= 11 is 0. The van der Waals surface area contributed by atoms with Crippen molar-refractivity contribution < 1.29 is 4.79 Å². The minimum atomic E-state index is 0.0154. The zero-order chi connectivity index (χ0) is 10.7. The smallest absolute Gasteiger partial charge is 0.160 e. The van der Waals surface area contributed by atoms with E-state index in [1.165, 1.54) is 6.92 Å². The van der Waals surface area contributed by atoms with Crippen molar-refractivity contribution in [2.75, 3.05) is 0 Å². The Morgan fingerprint density at radius 2 is 2.14 bits per heavy atom. The van der Waals surface area contributed by atoms with E-state index in [4.69, 9.17) is 5.26 Å². The van der Waals surface area contributed by atoms with Crippen LogP contribution in [-0.2, 0) is 6.42 Å². The van der Waals surface area contributed by atoms with Crippen LogP contribution in [0.4, 0.5) is 0 Å². The average molecular weight is 187 g/mol. The lowest BCUT2D eigenvalue weighted by atomic mass is 9.95. The van der Waals surface area contributed by atoms with Gasteiger partial charge in [0, 0.05) is 5.56 Å². The molecule has 0 saturated carbocycles. The first-order valence-electron chi connectivity index (χ1n) is 4.65.